The van der Waals surface area contributed by atoms with E-state index in [1.54, 1.807) is 24.3 Å². The highest BCUT2D eigenvalue weighted by molar-refractivity contribution is 7.89. The Morgan fingerprint density at radius 2 is 1.82 bits per heavy atom. The number of aryl methyl sites for hydroxylation is 1. The Labute approximate surface area is 193 Å². The van der Waals surface area contributed by atoms with Crippen LogP contribution in [0.5, 0.6) is 11.5 Å². The molecule has 0 atom stereocenters. The molecule has 0 unspecified atom stereocenters. The lowest BCUT2D eigenvalue weighted by Crippen LogP contribution is -2.28. The summed E-state index contributed by atoms with van der Waals surface area (Å²) >= 11 is 0. The maximum absolute atomic E-state index is 13.3. The number of carbonyl (C=O) groups excluding carboxylic acids is 1. The molecule has 0 aliphatic carbocycles. The van der Waals surface area contributed by atoms with Crippen molar-refractivity contribution in [1.29, 1.82) is 0 Å². The van der Waals surface area contributed by atoms with Crippen LogP contribution in [0.1, 0.15) is 29.0 Å². The molecule has 1 aliphatic heterocycles. The van der Waals surface area contributed by atoms with Crippen molar-refractivity contribution in [2.45, 2.75) is 24.3 Å². The van der Waals surface area contributed by atoms with Crippen LogP contribution in [0.2, 0.25) is 0 Å². The average molecular weight is 473 g/mol. The van der Waals surface area contributed by atoms with Gasteiger partial charge in [-0.1, -0.05) is 0 Å². The molecule has 0 N–H and O–H groups in total. The molecule has 33 heavy (non-hydrogen) atoms. The van der Waals surface area contributed by atoms with Gasteiger partial charge < -0.3 is 18.9 Å². The number of aromatic nitrogens is 2. The number of imidazole rings is 1. The fourth-order valence-corrected chi connectivity index (χ4v) is 5.36. The first-order chi connectivity index (χ1) is 15.8. The molecule has 0 bridgehead atoms. The molecular formula is C23H28N4O5S. The lowest BCUT2D eigenvalue weighted by atomic mass is 10.2. The van der Waals surface area contributed by atoms with Crippen LogP contribution in [0.15, 0.2) is 41.3 Å². The average Bonchev–Trinajstić information content (AvgIpc) is 3.46. The second kappa shape index (κ2) is 9.03. The predicted octanol–water partition coefficient (Wildman–Crippen LogP) is 2.65. The van der Waals surface area contributed by atoms with E-state index < -0.39 is 10.0 Å². The van der Waals surface area contributed by atoms with Crippen LogP contribution < -0.4 is 9.47 Å². The van der Waals surface area contributed by atoms with Gasteiger partial charge in [0.1, 0.15) is 22.2 Å². The molecule has 9 nitrogen and oxygen atoms in total. The summed E-state index contributed by atoms with van der Waals surface area (Å²) in [5.74, 6) is 1.22. The second-order valence-electron chi connectivity index (χ2n) is 8.07. The summed E-state index contributed by atoms with van der Waals surface area (Å²) in [4.78, 5) is 19.3. The first-order valence-corrected chi connectivity index (χ1v) is 12.1. The van der Waals surface area contributed by atoms with Crippen molar-refractivity contribution in [2.24, 2.45) is 7.05 Å². The summed E-state index contributed by atoms with van der Waals surface area (Å²) in [5, 5.41) is 0. The minimum atomic E-state index is -3.89. The molecular weight excluding hydrogens is 444 g/mol. The summed E-state index contributed by atoms with van der Waals surface area (Å²) < 4.78 is 40.1. The number of amides is 1. The largest absolute Gasteiger partial charge is 0.497 e. The van der Waals surface area contributed by atoms with E-state index in [0.717, 1.165) is 31.4 Å². The maximum atomic E-state index is 13.3. The molecule has 1 amide bonds. The Bertz CT molecular complexity index is 1300. The number of ether oxygens (including phenoxy) is 2. The highest BCUT2D eigenvalue weighted by atomic mass is 32.2. The fraction of sp³-hybridized carbons (Fsp3) is 0.391. The number of benzene rings is 2. The van der Waals surface area contributed by atoms with E-state index in [4.69, 9.17) is 9.47 Å². The molecule has 176 valence electrons. The van der Waals surface area contributed by atoms with E-state index >= 15 is 0 Å². The zero-order valence-electron chi connectivity index (χ0n) is 19.2. The van der Waals surface area contributed by atoms with Crippen LogP contribution in [-0.4, -0.2) is 67.4 Å². The lowest BCUT2D eigenvalue weighted by Gasteiger charge is -2.19. The number of hydrogen-bond donors (Lipinski definition) is 0. The van der Waals surface area contributed by atoms with E-state index in [1.807, 2.05) is 22.6 Å². The molecule has 0 radical (unpaired) electrons. The summed E-state index contributed by atoms with van der Waals surface area (Å²) in [6.07, 6.45) is 2.06. The molecule has 1 aliphatic rings. The Kier molecular flexibility index (Phi) is 6.31. The van der Waals surface area contributed by atoms with Gasteiger partial charge >= 0.3 is 0 Å². The van der Waals surface area contributed by atoms with Crippen molar-refractivity contribution < 1.29 is 22.7 Å². The SMILES string of the molecule is COc1ccc(OC)c(S(=O)(=O)N(C)Cc2nc3cc(C(=O)N4CCCC4)ccc3n2C)c1. The van der Waals surface area contributed by atoms with E-state index in [9.17, 15) is 13.2 Å². The summed E-state index contributed by atoms with van der Waals surface area (Å²) in [6, 6.07) is 10.1. The molecule has 10 heteroatoms. The molecule has 3 aromatic rings. The molecule has 1 aromatic heterocycles. The van der Waals surface area contributed by atoms with Crippen LogP contribution in [0.3, 0.4) is 0 Å². The van der Waals surface area contributed by atoms with Gasteiger partial charge in [0.2, 0.25) is 10.0 Å². The summed E-state index contributed by atoms with van der Waals surface area (Å²) in [7, 11) is 2.34. The van der Waals surface area contributed by atoms with Gasteiger partial charge in [0, 0.05) is 38.8 Å². The number of hydrogen-bond acceptors (Lipinski definition) is 6. The molecule has 4 rings (SSSR count). The molecule has 0 spiro atoms. The fourth-order valence-electron chi connectivity index (χ4n) is 4.06. The third-order valence-corrected chi connectivity index (χ3v) is 7.86. The van der Waals surface area contributed by atoms with Crippen molar-refractivity contribution in [3.63, 3.8) is 0 Å². The number of fused-ring (bicyclic) bond motifs is 1. The Morgan fingerprint density at radius 1 is 1.09 bits per heavy atom. The van der Waals surface area contributed by atoms with Crippen molar-refractivity contribution >= 4 is 27.0 Å². The third kappa shape index (κ3) is 4.28. The van der Waals surface area contributed by atoms with Crippen LogP contribution in [0.4, 0.5) is 0 Å². The van der Waals surface area contributed by atoms with Gasteiger partial charge in [0.15, 0.2) is 0 Å². The zero-order valence-corrected chi connectivity index (χ0v) is 20.1. The first-order valence-electron chi connectivity index (χ1n) is 10.7. The summed E-state index contributed by atoms with van der Waals surface area (Å²) in [5.41, 5.74) is 2.08. The normalized spacial score (nSPS) is 14.3. The predicted molar refractivity (Wildman–Crippen MR) is 124 cm³/mol. The van der Waals surface area contributed by atoms with Crippen molar-refractivity contribution in [2.75, 3.05) is 34.4 Å². The Morgan fingerprint density at radius 3 is 2.48 bits per heavy atom. The van der Waals surface area contributed by atoms with Crippen molar-refractivity contribution in [3.05, 3.63) is 47.8 Å². The van der Waals surface area contributed by atoms with Gasteiger partial charge in [-0.15, -0.1) is 0 Å². The van der Waals surface area contributed by atoms with Crippen LogP contribution in [0.25, 0.3) is 11.0 Å². The van der Waals surface area contributed by atoms with Crippen molar-refractivity contribution in [1.82, 2.24) is 18.8 Å². The summed E-state index contributed by atoms with van der Waals surface area (Å²) in [6.45, 7) is 1.60. The topological polar surface area (TPSA) is 94.0 Å². The van der Waals surface area contributed by atoms with Crippen LogP contribution in [0, 0.1) is 0 Å². The lowest BCUT2D eigenvalue weighted by molar-refractivity contribution is 0.0793. The van der Waals surface area contributed by atoms with Crippen LogP contribution in [-0.2, 0) is 23.6 Å². The smallest absolute Gasteiger partial charge is 0.253 e. The minimum Gasteiger partial charge on any atom is -0.497 e. The third-order valence-electron chi connectivity index (χ3n) is 6.04. The highest BCUT2D eigenvalue weighted by Crippen LogP contribution is 2.31. The first kappa shape index (κ1) is 23.1. The molecule has 1 fully saturated rings. The van der Waals surface area contributed by atoms with E-state index in [-0.39, 0.29) is 23.1 Å². The molecule has 0 saturated carbocycles. The Balaban J connectivity index is 1.63. The monoisotopic (exact) mass is 472 g/mol. The van der Waals surface area contributed by atoms with E-state index in [1.165, 1.54) is 31.6 Å². The minimum absolute atomic E-state index is 0.00594. The molecule has 1 saturated heterocycles. The number of likely N-dealkylation sites (tertiary alicyclic amines) is 1. The molecule has 2 heterocycles. The number of rotatable bonds is 7. The second-order valence-corrected chi connectivity index (χ2v) is 10.1. The number of nitrogens with zero attached hydrogens (tertiary/aromatic N) is 4. The Hall–Kier alpha value is -3.11. The van der Waals surface area contributed by atoms with Gasteiger partial charge in [-0.25, -0.2) is 13.4 Å². The van der Waals surface area contributed by atoms with E-state index in [0.29, 0.717) is 22.7 Å². The van der Waals surface area contributed by atoms with E-state index in [2.05, 4.69) is 4.98 Å². The quantitative estimate of drug-likeness (QED) is 0.525. The van der Waals surface area contributed by atoms with Gasteiger partial charge in [0.25, 0.3) is 5.91 Å². The maximum Gasteiger partial charge on any atom is 0.253 e. The highest BCUT2D eigenvalue weighted by Gasteiger charge is 2.27. The van der Waals surface area contributed by atoms with Gasteiger partial charge in [-0.3, -0.25) is 4.79 Å². The molecule has 2 aromatic carbocycles. The number of methoxy groups -OCH3 is 2. The van der Waals surface area contributed by atoms with Crippen molar-refractivity contribution in [3.8, 4) is 11.5 Å². The van der Waals surface area contributed by atoms with Gasteiger partial charge in [-0.2, -0.15) is 4.31 Å². The standard InChI is InChI=1S/C23H28N4O5S/c1-25(33(29,30)21-14-17(31-3)8-10-20(21)32-4)15-22-24-18-13-16(7-9-19(18)26(22)2)23(28)27-11-5-6-12-27/h7-10,13-14H,5-6,11-12,15H2,1-4H3. The number of sulfonamides is 1. The van der Waals surface area contributed by atoms with Crippen LogP contribution >= 0.6 is 0 Å². The zero-order chi connectivity index (χ0) is 23.8. The van der Waals surface area contributed by atoms with Gasteiger partial charge in [0.05, 0.1) is 31.8 Å². The number of carbonyl (C=O) groups is 1. The van der Waals surface area contributed by atoms with Gasteiger partial charge in [-0.05, 0) is 43.2 Å².